The Labute approximate surface area is 118 Å². The highest BCUT2D eigenvalue weighted by Gasteiger charge is 2.11. The molecule has 3 rings (SSSR count). The van der Waals surface area contributed by atoms with E-state index in [4.69, 9.17) is 4.42 Å². The Balaban J connectivity index is 1.82. The van der Waals surface area contributed by atoms with Crippen LogP contribution in [0.4, 0.5) is 5.69 Å². The summed E-state index contributed by atoms with van der Waals surface area (Å²) in [6, 6.07) is 14.2. The van der Waals surface area contributed by atoms with Crippen molar-refractivity contribution in [2.75, 3.05) is 5.32 Å². The topological polar surface area (TPSA) is 43.0 Å². The number of hydrogen-bond acceptors (Lipinski definition) is 3. The number of anilines is 1. The lowest BCUT2D eigenvalue weighted by molar-refractivity contribution is 0.474. The van der Waals surface area contributed by atoms with Crippen LogP contribution in [0, 0.1) is 0 Å². The van der Waals surface area contributed by atoms with E-state index in [9.17, 15) is 0 Å². The van der Waals surface area contributed by atoms with E-state index in [0.29, 0.717) is 0 Å². The fraction of sp³-hybridized carbons (Fsp3) is 0.188. The molecule has 2 aromatic heterocycles. The summed E-state index contributed by atoms with van der Waals surface area (Å²) in [6.45, 7) is 2.14. The van der Waals surface area contributed by atoms with Crippen molar-refractivity contribution < 1.29 is 4.42 Å². The van der Waals surface area contributed by atoms with E-state index in [1.165, 1.54) is 0 Å². The number of aromatic nitrogens is 2. The van der Waals surface area contributed by atoms with Gasteiger partial charge in [0.2, 0.25) is 0 Å². The molecule has 1 unspecified atom stereocenters. The maximum Gasteiger partial charge on any atom is 0.125 e. The minimum atomic E-state index is 0.179. The van der Waals surface area contributed by atoms with Gasteiger partial charge in [-0.1, -0.05) is 13.0 Å². The van der Waals surface area contributed by atoms with E-state index in [1.54, 1.807) is 12.5 Å². The molecule has 1 N–H and O–H groups in total. The monoisotopic (exact) mass is 267 g/mol. The average Bonchev–Trinajstić information content (AvgIpc) is 3.17. The average molecular weight is 267 g/mol. The van der Waals surface area contributed by atoms with Gasteiger partial charge in [-0.15, -0.1) is 0 Å². The van der Waals surface area contributed by atoms with Crippen LogP contribution in [-0.4, -0.2) is 9.78 Å². The Kier molecular flexibility index (Phi) is 3.54. The normalized spacial score (nSPS) is 12.2. The molecule has 0 fully saturated rings. The molecule has 4 nitrogen and oxygen atoms in total. The standard InChI is InChI=1S/C16H17N3O/c1-2-15(16-8-4-11-20-16)18-13-6-3-7-14(12-13)19-10-5-9-17-19/h3-12,15,18H,2H2,1H3. The summed E-state index contributed by atoms with van der Waals surface area (Å²) in [5, 5.41) is 7.75. The number of nitrogens with one attached hydrogen (secondary N) is 1. The van der Waals surface area contributed by atoms with Gasteiger partial charge in [0.25, 0.3) is 0 Å². The van der Waals surface area contributed by atoms with Gasteiger partial charge in [-0.2, -0.15) is 5.10 Å². The zero-order chi connectivity index (χ0) is 13.8. The molecule has 0 saturated carbocycles. The Morgan fingerprint density at radius 3 is 2.90 bits per heavy atom. The molecule has 0 saturated heterocycles. The maximum absolute atomic E-state index is 5.48. The van der Waals surface area contributed by atoms with Crippen molar-refractivity contribution in [2.24, 2.45) is 0 Å². The molecule has 0 amide bonds. The summed E-state index contributed by atoms with van der Waals surface area (Å²) in [5.74, 6) is 0.956. The van der Waals surface area contributed by atoms with Gasteiger partial charge in [-0.25, -0.2) is 4.68 Å². The zero-order valence-corrected chi connectivity index (χ0v) is 11.4. The van der Waals surface area contributed by atoms with Gasteiger partial charge < -0.3 is 9.73 Å². The molecular weight excluding hydrogens is 250 g/mol. The molecule has 0 bridgehead atoms. The van der Waals surface area contributed by atoms with Gasteiger partial charge >= 0.3 is 0 Å². The summed E-state index contributed by atoms with van der Waals surface area (Å²) in [5.41, 5.74) is 2.09. The highest BCUT2D eigenvalue weighted by atomic mass is 16.3. The largest absolute Gasteiger partial charge is 0.467 e. The summed E-state index contributed by atoms with van der Waals surface area (Å²) in [7, 11) is 0. The molecule has 0 aliphatic rings. The number of benzene rings is 1. The molecule has 0 radical (unpaired) electrons. The Morgan fingerprint density at radius 2 is 2.20 bits per heavy atom. The first kappa shape index (κ1) is 12.5. The van der Waals surface area contributed by atoms with Crippen LogP contribution in [0.15, 0.2) is 65.5 Å². The minimum Gasteiger partial charge on any atom is -0.467 e. The van der Waals surface area contributed by atoms with E-state index in [2.05, 4.69) is 29.5 Å². The molecule has 20 heavy (non-hydrogen) atoms. The third kappa shape index (κ3) is 2.59. The van der Waals surface area contributed by atoms with Crippen LogP contribution in [0.25, 0.3) is 5.69 Å². The molecule has 0 spiro atoms. The first-order valence-corrected chi connectivity index (χ1v) is 6.77. The van der Waals surface area contributed by atoms with Crippen LogP contribution in [0.3, 0.4) is 0 Å². The zero-order valence-electron chi connectivity index (χ0n) is 11.4. The Morgan fingerprint density at radius 1 is 1.25 bits per heavy atom. The van der Waals surface area contributed by atoms with Crippen molar-refractivity contribution in [3.8, 4) is 5.69 Å². The van der Waals surface area contributed by atoms with Crippen LogP contribution in [0.2, 0.25) is 0 Å². The van der Waals surface area contributed by atoms with Crippen LogP contribution in [0.5, 0.6) is 0 Å². The van der Waals surface area contributed by atoms with E-state index >= 15 is 0 Å². The maximum atomic E-state index is 5.48. The first-order valence-electron chi connectivity index (χ1n) is 6.77. The first-order chi connectivity index (χ1) is 9.86. The summed E-state index contributed by atoms with van der Waals surface area (Å²) in [4.78, 5) is 0. The molecule has 2 heterocycles. The number of furan rings is 1. The minimum absolute atomic E-state index is 0.179. The van der Waals surface area contributed by atoms with Gasteiger partial charge in [-0.05, 0) is 42.8 Å². The van der Waals surface area contributed by atoms with Gasteiger partial charge in [-0.3, -0.25) is 0 Å². The van der Waals surface area contributed by atoms with Crippen LogP contribution in [-0.2, 0) is 0 Å². The lowest BCUT2D eigenvalue weighted by Gasteiger charge is -2.16. The predicted molar refractivity (Wildman–Crippen MR) is 78.9 cm³/mol. The van der Waals surface area contributed by atoms with Crippen molar-refractivity contribution in [1.82, 2.24) is 9.78 Å². The number of nitrogens with zero attached hydrogens (tertiary/aromatic N) is 2. The fourth-order valence-corrected chi connectivity index (χ4v) is 2.22. The van der Waals surface area contributed by atoms with Crippen molar-refractivity contribution in [2.45, 2.75) is 19.4 Å². The van der Waals surface area contributed by atoms with E-state index in [-0.39, 0.29) is 6.04 Å². The quantitative estimate of drug-likeness (QED) is 0.759. The smallest absolute Gasteiger partial charge is 0.125 e. The molecule has 102 valence electrons. The lowest BCUT2D eigenvalue weighted by atomic mass is 10.1. The Hall–Kier alpha value is -2.49. The van der Waals surface area contributed by atoms with Crippen LogP contribution < -0.4 is 5.32 Å². The summed E-state index contributed by atoms with van der Waals surface area (Å²) in [6.07, 6.45) is 6.38. The molecule has 0 aliphatic carbocycles. The predicted octanol–water partition coefficient (Wildman–Crippen LogP) is 4.03. The number of rotatable bonds is 5. The van der Waals surface area contributed by atoms with Gasteiger partial charge in [0.15, 0.2) is 0 Å². The second kappa shape index (κ2) is 5.65. The van der Waals surface area contributed by atoms with Crippen molar-refractivity contribution in [3.63, 3.8) is 0 Å². The van der Waals surface area contributed by atoms with Gasteiger partial charge in [0.05, 0.1) is 18.0 Å². The lowest BCUT2D eigenvalue weighted by Crippen LogP contribution is -2.09. The molecule has 0 aliphatic heterocycles. The third-order valence-corrected chi connectivity index (χ3v) is 3.25. The van der Waals surface area contributed by atoms with Crippen LogP contribution in [0.1, 0.15) is 25.1 Å². The number of hydrogen-bond donors (Lipinski definition) is 1. The molecule has 1 aromatic carbocycles. The highest BCUT2D eigenvalue weighted by Crippen LogP contribution is 2.24. The Bertz CT molecular complexity index is 644. The van der Waals surface area contributed by atoms with Crippen molar-refractivity contribution >= 4 is 5.69 Å². The van der Waals surface area contributed by atoms with Gasteiger partial charge in [0.1, 0.15) is 5.76 Å². The molecular formula is C16H17N3O. The molecule has 1 atom stereocenters. The van der Waals surface area contributed by atoms with Crippen LogP contribution >= 0.6 is 0 Å². The fourth-order valence-electron chi connectivity index (χ4n) is 2.22. The molecule has 3 aromatic rings. The van der Waals surface area contributed by atoms with Crippen molar-refractivity contribution in [3.05, 3.63) is 66.9 Å². The van der Waals surface area contributed by atoms with Gasteiger partial charge in [0, 0.05) is 18.1 Å². The molecule has 4 heteroatoms. The van der Waals surface area contributed by atoms with E-state index < -0.39 is 0 Å². The SMILES string of the molecule is CCC(Nc1cccc(-n2cccn2)c1)c1ccco1. The second-order valence-electron chi connectivity index (χ2n) is 4.62. The van der Waals surface area contributed by atoms with Crippen molar-refractivity contribution in [1.29, 1.82) is 0 Å². The summed E-state index contributed by atoms with van der Waals surface area (Å²) < 4.78 is 7.33. The van der Waals surface area contributed by atoms with E-state index in [0.717, 1.165) is 23.6 Å². The highest BCUT2D eigenvalue weighted by molar-refractivity contribution is 5.51. The third-order valence-electron chi connectivity index (χ3n) is 3.25. The van der Waals surface area contributed by atoms with E-state index in [1.807, 2.05) is 41.2 Å². The summed E-state index contributed by atoms with van der Waals surface area (Å²) >= 11 is 0. The second-order valence-corrected chi connectivity index (χ2v) is 4.62.